The maximum atomic E-state index is 12.0. The maximum absolute atomic E-state index is 12.0. The average Bonchev–Trinajstić information content (AvgIpc) is 2.80. The molecule has 0 aromatic carbocycles. The predicted molar refractivity (Wildman–Crippen MR) is 68.6 cm³/mol. The zero-order valence-corrected chi connectivity index (χ0v) is 11.6. The van der Waals surface area contributed by atoms with Gasteiger partial charge in [0.05, 0.1) is 11.4 Å². The van der Waals surface area contributed by atoms with Crippen molar-refractivity contribution in [2.45, 2.75) is 49.3 Å². The van der Waals surface area contributed by atoms with E-state index < -0.39 is 9.84 Å². The molecule has 0 saturated heterocycles. The summed E-state index contributed by atoms with van der Waals surface area (Å²) in [6.45, 7) is 0. The second-order valence-corrected chi connectivity index (χ2v) is 7.46. The monoisotopic (exact) mass is 286 g/mol. The quantitative estimate of drug-likeness (QED) is 0.744. The molecule has 0 amide bonds. The molecule has 1 aliphatic carbocycles. The summed E-state index contributed by atoms with van der Waals surface area (Å²) in [5, 5.41) is 0.126. The van der Waals surface area contributed by atoms with Crippen LogP contribution in [0.15, 0.2) is 4.90 Å². The Bertz CT molecular complexity index is 580. The van der Waals surface area contributed by atoms with Crippen LogP contribution in [0.25, 0.3) is 0 Å². The molecule has 0 N–H and O–H groups in total. The fourth-order valence-electron chi connectivity index (χ4n) is 2.86. The Morgan fingerprint density at radius 1 is 1.11 bits per heavy atom. The summed E-state index contributed by atoms with van der Waals surface area (Å²) in [7, 11) is -3.27. The Balaban J connectivity index is 2.10. The van der Waals surface area contributed by atoms with E-state index in [9.17, 15) is 8.42 Å². The van der Waals surface area contributed by atoms with Gasteiger partial charge in [0.1, 0.15) is 10.7 Å². The summed E-state index contributed by atoms with van der Waals surface area (Å²) < 4.78 is 23.9. The molecule has 1 aliphatic heterocycles. The number of fused-ring (bicyclic) bond motifs is 1. The molecule has 0 spiro atoms. The summed E-state index contributed by atoms with van der Waals surface area (Å²) in [6.07, 6.45) is 5.88. The molecule has 0 atom stereocenters. The summed E-state index contributed by atoms with van der Waals surface area (Å²) >= 11 is 6.08. The zero-order valence-electron chi connectivity index (χ0n) is 10.0. The van der Waals surface area contributed by atoms with Gasteiger partial charge in [0.25, 0.3) is 0 Å². The van der Waals surface area contributed by atoms with E-state index in [1.165, 1.54) is 12.8 Å². The maximum Gasteiger partial charge on any atom is 0.183 e. The molecule has 1 aromatic rings. The van der Waals surface area contributed by atoms with Gasteiger partial charge in [-0.15, -0.1) is 0 Å². The highest BCUT2D eigenvalue weighted by molar-refractivity contribution is 7.91. The van der Waals surface area contributed by atoms with Crippen LogP contribution in [0.4, 0.5) is 0 Å². The van der Waals surface area contributed by atoms with Gasteiger partial charge in [-0.1, -0.05) is 24.4 Å². The van der Waals surface area contributed by atoms with E-state index in [-0.39, 0.29) is 15.8 Å². The molecule has 1 fully saturated rings. The fourth-order valence-corrected chi connectivity index (χ4v) is 4.95. The predicted octanol–water partition coefficient (Wildman–Crippen LogP) is 2.51. The smallest absolute Gasteiger partial charge is 0.183 e. The van der Waals surface area contributed by atoms with Crippen LogP contribution in [0.2, 0.25) is 5.15 Å². The van der Waals surface area contributed by atoms with E-state index in [1.54, 1.807) is 0 Å². The number of sulfone groups is 1. The molecular weight excluding hydrogens is 272 g/mol. The molecule has 2 aliphatic rings. The lowest BCUT2D eigenvalue weighted by Gasteiger charge is -2.18. The van der Waals surface area contributed by atoms with Crippen LogP contribution in [0.1, 0.15) is 49.5 Å². The molecule has 98 valence electrons. The summed E-state index contributed by atoms with van der Waals surface area (Å²) in [4.78, 5) is 8.89. The van der Waals surface area contributed by atoms with Crippen molar-refractivity contribution < 1.29 is 8.42 Å². The summed E-state index contributed by atoms with van der Waals surface area (Å²) in [6, 6.07) is 0. The van der Waals surface area contributed by atoms with Crippen molar-refractivity contribution in [3.05, 3.63) is 16.7 Å². The van der Waals surface area contributed by atoms with Crippen LogP contribution >= 0.6 is 11.6 Å². The molecular formula is C12H15ClN2O2S. The van der Waals surface area contributed by atoms with Crippen molar-refractivity contribution in [2.75, 3.05) is 5.75 Å². The van der Waals surface area contributed by atoms with Crippen molar-refractivity contribution in [3.63, 3.8) is 0 Å². The molecule has 0 unspecified atom stereocenters. The second kappa shape index (κ2) is 4.46. The number of hydrogen-bond donors (Lipinski definition) is 0. The third-order valence-corrected chi connectivity index (χ3v) is 6.03. The van der Waals surface area contributed by atoms with Gasteiger partial charge in [-0.3, -0.25) is 0 Å². The van der Waals surface area contributed by atoms with Crippen molar-refractivity contribution >= 4 is 21.4 Å². The van der Waals surface area contributed by atoms with Gasteiger partial charge in [-0.05, 0) is 25.7 Å². The second-order valence-electron chi connectivity index (χ2n) is 5.05. The highest BCUT2D eigenvalue weighted by Crippen LogP contribution is 2.35. The molecule has 1 aromatic heterocycles. The Kier molecular flexibility index (Phi) is 3.06. The van der Waals surface area contributed by atoms with Crippen molar-refractivity contribution in [1.82, 2.24) is 9.97 Å². The first-order valence-corrected chi connectivity index (χ1v) is 8.40. The van der Waals surface area contributed by atoms with Gasteiger partial charge >= 0.3 is 0 Å². The first-order valence-electron chi connectivity index (χ1n) is 6.37. The van der Waals surface area contributed by atoms with E-state index >= 15 is 0 Å². The van der Waals surface area contributed by atoms with Crippen LogP contribution in [0.3, 0.4) is 0 Å². The number of aromatic nitrogens is 2. The molecule has 18 heavy (non-hydrogen) atoms. The van der Waals surface area contributed by atoms with Crippen LogP contribution < -0.4 is 0 Å². The van der Waals surface area contributed by atoms with Gasteiger partial charge in [0.2, 0.25) is 0 Å². The number of halogens is 1. The van der Waals surface area contributed by atoms with Gasteiger partial charge in [-0.25, -0.2) is 18.4 Å². The van der Waals surface area contributed by atoms with Gasteiger partial charge in [0.15, 0.2) is 15.0 Å². The van der Waals surface area contributed by atoms with Crippen LogP contribution in [0, 0.1) is 0 Å². The van der Waals surface area contributed by atoms with Gasteiger partial charge < -0.3 is 0 Å². The lowest BCUT2D eigenvalue weighted by atomic mass is 10.1. The molecule has 2 heterocycles. The summed E-state index contributed by atoms with van der Waals surface area (Å²) in [5.41, 5.74) is 0.628. The molecule has 6 heteroatoms. The van der Waals surface area contributed by atoms with Crippen LogP contribution in [-0.2, 0) is 16.3 Å². The molecule has 0 radical (unpaired) electrons. The average molecular weight is 287 g/mol. The lowest BCUT2D eigenvalue weighted by Crippen LogP contribution is -2.20. The Hall–Kier alpha value is -0.680. The van der Waals surface area contributed by atoms with Gasteiger partial charge in [0, 0.05) is 5.92 Å². The minimum atomic E-state index is -3.27. The first kappa shape index (κ1) is 12.4. The van der Waals surface area contributed by atoms with Crippen molar-refractivity contribution in [2.24, 2.45) is 0 Å². The SMILES string of the molecule is O=S1(=O)CCCc2nc(C3CCCC3)nc(Cl)c21. The number of hydrogen-bond acceptors (Lipinski definition) is 4. The van der Waals surface area contributed by atoms with Crippen molar-refractivity contribution in [3.8, 4) is 0 Å². The van der Waals surface area contributed by atoms with E-state index in [0.717, 1.165) is 18.7 Å². The Morgan fingerprint density at radius 3 is 2.56 bits per heavy atom. The normalized spacial score (nSPS) is 22.9. The summed E-state index contributed by atoms with van der Waals surface area (Å²) in [5.74, 6) is 1.26. The standard InChI is InChI=1S/C12H15ClN2O2S/c13-11-10-9(6-3-7-18(10,16)17)14-12(15-11)8-4-1-2-5-8/h8H,1-7H2. The van der Waals surface area contributed by atoms with Crippen LogP contribution in [0.5, 0.6) is 0 Å². The third kappa shape index (κ3) is 2.03. The Labute approximate surface area is 112 Å². The number of aryl methyl sites for hydroxylation is 1. The third-order valence-electron chi connectivity index (χ3n) is 3.77. The minimum Gasteiger partial charge on any atom is -0.236 e. The number of rotatable bonds is 1. The molecule has 3 rings (SSSR count). The highest BCUT2D eigenvalue weighted by atomic mass is 35.5. The van der Waals surface area contributed by atoms with E-state index in [2.05, 4.69) is 9.97 Å². The minimum absolute atomic E-state index is 0.126. The van der Waals surface area contributed by atoms with E-state index in [0.29, 0.717) is 24.5 Å². The first-order chi connectivity index (χ1) is 8.58. The van der Waals surface area contributed by atoms with E-state index in [1.807, 2.05) is 0 Å². The van der Waals surface area contributed by atoms with E-state index in [4.69, 9.17) is 11.6 Å². The van der Waals surface area contributed by atoms with Gasteiger partial charge in [-0.2, -0.15) is 0 Å². The fraction of sp³-hybridized carbons (Fsp3) is 0.667. The molecule has 1 saturated carbocycles. The van der Waals surface area contributed by atoms with Crippen molar-refractivity contribution in [1.29, 1.82) is 0 Å². The Morgan fingerprint density at radius 2 is 1.83 bits per heavy atom. The molecule has 4 nitrogen and oxygen atoms in total. The lowest BCUT2D eigenvalue weighted by molar-refractivity contribution is 0.578. The topological polar surface area (TPSA) is 59.9 Å². The zero-order chi connectivity index (χ0) is 12.8. The number of nitrogens with zero attached hydrogens (tertiary/aromatic N) is 2. The van der Waals surface area contributed by atoms with Crippen LogP contribution in [-0.4, -0.2) is 24.1 Å². The highest BCUT2D eigenvalue weighted by Gasteiger charge is 2.31. The molecule has 0 bridgehead atoms. The largest absolute Gasteiger partial charge is 0.236 e.